The molecule has 1 N–H and O–H groups in total. The van der Waals surface area contributed by atoms with Crippen LogP contribution < -0.4 is 5.32 Å². The Morgan fingerprint density at radius 1 is 1.40 bits per heavy atom. The summed E-state index contributed by atoms with van der Waals surface area (Å²) in [7, 11) is 0. The lowest BCUT2D eigenvalue weighted by Gasteiger charge is -2.32. The molecule has 0 aliphatic carbocycles. The smallest absolute Gasteiger partial charge is 0.245 e. The average Bonchev–Trinajstić information content (AvgIpc) is 2.61. The summed E-state index contributed by atoms with van der Waals surface area (Å²) in [5.41, 5.74) is 1.93. The maximum Gasteiger partial charge on any atom is 0.245 e. The average molecular weight is 337 g/mol. The third-order valence-electron chi connectivity index (χ3n) is 4.37. The molecular weight excluding hydrogens is 314 g/mol. The predicted octanol–water partition coefficient (Wildman–Crippen LogP) is 2.89. The van der Waals surface area contributed by atoms with E-state index in [1.54, 1.807) is 6.33 Å². The number of carbonyl (C=O) groups excluding carboxylic acids is 1. The van der Waals surface area contributed by atoms with Gasteiger partial charge < -0.3 is 10.2 Å². The highest BCUT2D eigenvalue weighted by atomic mass is 16.2. The lowest BCUT2D eigenvalue weighted by molar-refractivity contribution is -0.127. The van der Waals surface area contributed by atoms with E-state index >= 15 is 0 Å². The summed E-state index contributed by atoms with van der Waals surface area (Å²) >= 11 is 0. The molecule has 0 aromatic carbocycles. The molecule has 6 nitrogen and oxygen atoms in total. The molecule has 3 rings (SSSR count). The number of nitrogens with zero attached hydrogens (tertiary/aromatic N) is 4. The number of likely N-dealkylation sites (tertiary alicyclic amines) is 1. The number of hydrogen-bond donors (Lipinski definition) is 1. The summed E-state index contributed by atoms with van der Waals surface area (Å²) in [4.78, 5) is 26.8. The van der Waals surface area contributed by atoms with Crippen LogP contribution >= 0.6 is 0 Å². The van der Waals surface area contributed by atoms with Crippen LogP contribution in [0.4, 0.5) is 11.6 Å². The zero-order chi connectivity index (χ0) is 17.6. The molecule has 1 saturated heterocycles. The summed E-state index contributed by atoms with van der Waals surface area (Å²) < 4.78 is 0. The Kier molecular flexibility index (Phi) is 5.38. The molecule has 1 aliphatic rings. The van der Waals surface area contributed by atoms with Crippen molar-refractivity contribution in [1.29, 1.82) is 0 Å². The van der Waals surface area contributed by atoms with Crippen molar-refractivity contribution in [2.45, 2.75) is 26.2 Å². The number of nitrogens with one attached hydrogen (secondary N) is 1. The lowest BCUT2D eigenvalue weighted by Crippen LogP contribution is -2.39. The van der Waals surface area contributed by atoms with E-state index in [1.165, 1.54) is 6.08 Å². The normalized spacial score (nSPS) is 17.2. The maximum absolute atomic E-state index is 11.8. The Balaban J connectivity index is 1.65. The third kappa shape index (κ3) is 4.62. The van der Waals surface area contributed by atoms with Gasteiger partial charge in [0.1, 0.15) is 18.0 Å². The molecule has 0 spiro atoms. The van der Waals surface area contributed by atoms with E-state index in [2.05, 4.69) is 26.8 Å². The van der Waals surface area contributed by atoms with Crippen LogP contribution in [0, 0.1) is 12.8 Å². The summed E-state index contributed by atoms with van der Waals surface area (Å²) in [5, 5.41) is 3.22. The van der Waals surface area contributed by atoms with Gasteiger partial charge in [-0.1, -0.05) is 12.6 Å². The highest BCUT2D eigenvalue weighted by molar-refractivity contribution is 5.87. The van der Waals surface area contributed by atoms with Gasteiger partial charge in [0.15, 0.2) is 0 Å². The van der Waals surface area contributed by atoms with Gasteiger partial charge in [-0.2, -0.15) is 0 Å². The standard InChI is InChI=1S/C19H23N5O/c1-3-19(25)24-9-5-7-15(12-24)10-16-11-18(21-13-20-16)23-17-8-4-6-14(2)22-17/h3-4,6,8,11,13,15H,1,5,7,9-10,12H2,2H3,(H,20,21,22,23)/t15-/m0/s1. The van der Waals surface area contributed by atoms with E-state index in [1.807, 2.05) is 36.1 Å². The Hall–Kier alpha value is -2.76. The van der Waals surface area contributed by atoms with Crippen LogP contribution in [0.5, 0.6) is 0 Å². The topological polar surface area (TPSA) is 71.0 Å². The van der Waals surface area contributed by atoms with Crippen LogP contribution in [-0.2, 0) is 11.2 Å². The predicted molar refractivity (Wildman–Crippen MR) is 97.5 cm³/mol. The number of rotatable bonds is 5. The van der Waals surface area contributed by atoms with Gasteiger partial charge in [0.2, 0.25) is 5.91 Å². The van der Waals surface area contributed by atoms with Crippen LogP contribution in [0.2, 0.25) is 0 Å². The first-order valence-electron chi connectivity index (χ1n) is 8.57. The van der Waals surface area contributed by atoms with Gasteiger partial charge in [0.25, 0.3) is 0 Å². The monoisotopic (exact) mass is 337 g/mol. The van der Waals surface area contributed by atoms with Crippen LogP contribution in [0.15, 0.2) is 43.2 Å². The molecule has 0 unspecified atom stereocenters. The molecule has 1 amide bonds. The fraction of sp³-hybridized carbons (Fsp3) is 0.368. The highest BCUT2D eigenvalue weighted by Crippen LogP contribution is 2.21. The molecule has 0 radical (unpaired) electrons. The number of piperidine rings is 1. The zero-order valence-electron chi connectivity index (χ0n) is 14.5. The number of aryl methyl sites for hydroxylation is 1. The molecule has 130 valence electrons. The van der Waals surface area contributed by atoms with Gasteiger partial charge in [0, 0.05) is 30.5 Å². The second-order valence-electron chi connectivity index (χ2n) is 6.38. The number of amides is 1. The number of pyridine rings is 1. The van der Waals surface area contributed by atoms with E-state index in [4.69, 9.17) is 0 Å². The minimum Gasteiger partial charge on any atom is -0.339 e. The van der Waals surface area contributed by atoms with Crippen LogP contribution in [-0.4, -0.2) is 38.8 Å². The summed E-state index contributed by atoms with van der Waals surface area (Å²) in [5.74, 6) is 1.93. The largest absolute Gasteiger partial charge is 0.339 e. The Morgan fingerprint density at radius 3 is 3.08 bits per heavy atom. The SMILES string of the molecule is C=CC(=O)N1CCC[C@@H](Cc2cc(Nc3cccc(C)n3)ncn2)C1. The van der Waals surface area contributed by atoms with E-state index in [-0.39, 0.29) is 5.91 Å². The van der Waals surface area contributed by atoms with Crippen molar-refractivity contribution in [3.8, 4) is 0 Å². The first kappa shape index (κ1) is 17.1. The van der Waals surface area contributed by atoms with Crippen molar-refractivity contribution < 1.29 is 4.79 Å². The Morgan fingerprint density at radius 2 is 2.28 bits per heavy atom. The van der Waals surface area contributed by atoms with Crippen molar-refractivity contribution in [3.05, 3.63) is 54.6 Å². The van der Waals surface area contributed by atoms with Crippen LogP contribution in [0.1, 0.15) is 24.2 Å². The summed E-state index contributed by atoms with van der Waals surface area (Å²) in [6.45, 7) is 7.11. The van der Waals surface area contributed by atoms with E-state index < -0.39 is 0 Å². The van der Waals surface area contributed by atoms with Gasteiger partial charge in [-0.25, -0.2) is 15.0 Å². The molecule has 6 heteroatoms. The van der Waals surface area contributed by atoms with Gasteiger partial charge in [-0.3, -0.25) is 4.79 Å². The molecule has 0 saturated carbocycles. The second-order valence-corrected chi connectivity index (χ2v) is 6.38. The number of aromatic nitrogens is 3. The molecule has 1 atom stereocenters. The first-order valence-corrected chi connectivity index (χ1v) is 8.57. The molecule has 1 fully saturated rings. The molecule has 2 aromatic heterocycles. The summed E-state index contributed by atoms with van der Waals surface area (Å²) in [6, 6.07) is 7.78. The molecule has 1 aliphatic heterocycles. The molecule has 25 heavy (non-hydrogen) atoms. The quantitative estimate of drug-likeness (QED) is 0.850. The van der Waals surface area contributed by atoms with Gasteiger partial charge >= 0.3 is 0 Å². The first-order chi connectivity index (χ1) is 12.1. The Labute approximate surface area is 148 Å². The van der Waals surface area contributed by atoms with Crippen molar-refractivity contribution in [2.24, 2.45) is 5.92 Å². The highest BCUT2D eigenvalue weighted by Gasteiger charge is 2.22. The third-order valence-corrected chi connectivity index (χ3v) is 4.37. The van der Waals surface area contributed by atoms with Crippen LogP contribution in [0.25, 0.3) is 0 Å². The number of anilines is 2. The van der Waals surface area contributed by atoms with Crippen molar-refractivity contribution in [3.63, 3.8) is 0 Å². The van der Waals surface area contributed by atoms with Crippen molar-refractivity contribution >= 4 is 17.5 Å². The molecule has 0 bridgehead atoms. The maximum atomic E-state index is 11.8. The van der Waals surface area contributed by atoms with Gasteiger partial charge in [-0.15, -0.1) is 0 Å². The minimum atomic E-state index is 0.0141. The van der Waals surface area contributed by atoms with Gasteiger partial charge in [-0.05, 0) is 50.3 Å². The van der Waals surface area contributed by atoms with E-state index in [0.29, 0.717) is 5.92 Å². The number of hydrogen-bond acceptors (Lipinski definition) is 5. The molecular formula is C19H23N5O. The minimum absolute atomic E-state index is 0.0141. The van der Waals surface area contributed by atoms with Crippen molar-refractivity contribution in [1.82, 2.24) is 19.9 Å². The zero-order valence-corrected chi connectivity index (χ0v) is 14.5. The Bertz CT molecular complexity index is 761. The van der Waals surface area contributed by atoms with Crippen molar-refractivity contribution in [2.75, 3.05) is 18.4 Å². The molecule has 2 aromatic rings. The van der Waals surface area contributed by atoms with E-state index in [0.717, 1.165) is 55.4 Å². The summed E-state index contributed by atoms with van der Waals surface area (Å²) in [6.07, 6.45) is 5.92. The molecule has 3 heterocycles. The van der Waals surface area contributed by atoms with Gasteiger partial charge in [0.05, 0.1) is 0 Å². The second kappa shape index (κ2) is 7.88. The van der Waals surface area contributed by atoms with Crippen LogP contribution in [0.3, 0.4) is 0 Å². The lowest BCUT2D eigenvalue weighted by atomic mass is 9.93. The fourth-order valence-corrected chi connectivity index (χ4v) is 3.18. The number of carbonyl (C=O) groups is 1. The fourth-order valence-electron chi connectivity index (χ4n) is 3.18. The van der Waals surface area contributed by atoms with E-state index in [9.17, 15) is 4.79 Å².